The third-order valence-electron chi connectivity index (χ3n) is 3.04. The minimum atomic E-state index is -3.98. The fourth-order valence-electron chi connectivity index (χ4n) is 1.89. The Morgan fingerprint density at radius 1 is 1.23 bits per heavy atom. The normalized spacial score (nSPS) is 11.1. The molecule has 0 radical (unpaired) electrons. The number of phenols is 1. The Balaban J connectivity index is 2.38. The van der Waals surface area contributed by atoms with Crippen LogP contribution in [-0.4, -0.2) is 18.4 Å². The van der Waals surface area contributed by atoms with Crippen LogP contribution < -0.4 is 4.72 Å². The highest BCUT2D eigenvalue weighted by Gasteiger charge is 2.21. The van der Waals surface area contributed by atoms with Gasteiger partial charge in [-0.1, -0.05) is 19.1 Å². The average molecular weight is 322 g/mol. The second-order valence-corrected chi connectivity index (χ2v) is 6.25. The molecule has 0 aliphatic carbocycles. The Morgan fingerprint density at radius 3 is 2.59 bits per heavy atom. The van der Waals surface area contributed by atoms with E-state index >= 15 is 0 Å². The van der Waals surface area contributed by atoms with Crippen molar-refractivity contribution in [3.8, 4) is 5.75 Å². The van der Waals surface area contributed by atoms with Crippen molar-refractivity contribution in [1.82, 2.24) is 0 Å². The SMILES string of the molecule is CCc1cccc(NS(=O)(=O)c2ccc(O)c([N+](=O)[O-])c2)c1. The third kappa shape index (κ3) is 3.34. The summed E-state index contributed by atoms with van der Waals surface area (Å²) in [4.78, 5) is 9.64. The van der Waals surface area contributed by atoms with Crippen molar-refractivity contribution in [3.63, 3.8) is 0 Å². The maximum atomic E-state index is 12.3. The van der Waals surface area contributed by atoms with Crippen LogP contribution in [0, 0.1) is 10.1 Å². The maximum Gasteiger partial charge on any atom is 0.312 e. The fraction of sp³-hybridized carbons (Fsp3) is 0.143. The highest BCUT2D eigenvalue weighted by Crippen LogP contribution is 2.29. The van der Waals surface area contributed by atoms with Crippen LogP contribution >= 0.6 is 0 Å². The van der Waals surface area contributed by atoms with E-state index in [9.17, 15) is 23.6 Å². The lowest BCUT2D eigenvalue weighted by Crippen LogP contribution is -2.13. The quantitative estimate of drug-likeness (QED) is 0.649. The van der Waals surface area contributed by atoms with Crippen LogP contribution in [0.5, 0.6) is 5.75 Å². The van der Waals surface area contributed by atoms with Gasteiger partial charge in [-0.15, -0.1) is 0 Å². The third-order valence-corrected chi connectivity index (χ3v) is 4.42. The molecule has 0 atom stereocenters. The van der Waals surface area contributed by atoms with E-state index in [0.29, 0.717) is 5.69 Å². The van der Waals surface area contributed by atoms with Crippen LogP contribution in [0.15, 0.2) is 47.4 Å². The zero-order valence-corrected chi connectivity index (χ0v) is 12.5. The predicted molar refractivity (Wildman–Crippen MR) is 81.4 cm³/mol. The van der Waals surface area contributed by atoms with Gasteiger partial charge in [0, 0.05) is 11.8 Å². The molecular weight excluding hydrogens is 308 g/mol. The summed E-state index contributed by atoms with van der Waals surface area (Å²) in [6.45, 7) is 1.94. The molecule has 0 aromatic heterocycles. The van der Waals surface area contributed by atoms with Gasteiger partial charge in [-0.2, -0.15) is 0 Å². The van der Waals surface area contributed by atoms with Crippen molar-refractivity contribution in [1.29, 1.82) is 0 Å². The summed E-state index contributed by atoms with van der Waals surface area (Å²) in [6.07, 6.45) is 0.750. The Morgan fingerprint density at radius 2 is 1.95 bits per heavy atom. The van der Waals surface area contributed by atoms with E-state index < -0.39 is 26.4 Å². The summed E-state index contributed by atoms with van der Waals surface area (Å²) >= 11 is 0. The van der Waals surface area contributed by atoms with Gasteiger partial charge in [0.15, 0.2) is 5.75 Å². The summed E-state index contributed by atoms with van der Waals surface area (Å²) in [7, 11) is -3.98. The molecule has 8 heteroatoms. The summed E-state index contributed by atoms with van der Waals surface area (Å²) in [5.74, 6) is -0.586. The van der Waals surface area contributed by atoms with Crippen molar-refractivity contribution in [2.45, 2.75) is 18.2 Å². The fourth-order valence-corrected chi connectivity index (χ4v) is 2.95. The Kier molecular flexibility index (Phi) is 4.32. The summed E-state index contributed by atoms with van der Waals surface area (Å²) in [5.41, 5.74) is 0.664. The minimum Gasteiger partial charge on any atom is -0.502 e. The van der Waals surface area contributed by atoms with E-state index in [1.807, 2.05) is 13.0 Å². The van der Waals surface area contributed by atoms with Gasteiger partial charge in [0.2, 0.25) is 0 Å². The van der Waals surface area contributed by atoms with Crippen LogP contribution in [0.3, 0.4) is 0 Å². The number of phenolic OH excluding ortho intramolecular Hbond substituents is 1. The van der Waals surface area contributed by atoms with Crippen molar-refractivity contribution < 1.29 is 18.4 Å². The van der Waals surface area contributed by atoms with Crippen LogP contribution in [0.2, 0.25) is 0 Å². The molecule has 2 aromatic rings. The van der Waals surface area contributed by atoms with Crippen LogP contribution in [0.25, 0.3) is 0 Å². The molecule has 2 rings (SSSR count). The summed E-state index contributed by atoms with van der Waals surface area (Å²) in [5, 5.41) is 20.1. The van der Waals surface area contributed by atoms with Gasteiger partial charge in [0.25, 0.3) is 10.0 Å². The highest BCUT2D eigenvalue weighted by atomic mass is 32.2. The number of aromatic hydroxyl groups is 1. The second kappa shape index (κ2) is 6.02. The number of nitrogens with one attached hydrogen (secondary N) is 1. The number of sulfonamides is 1. The topological polar surface area (TPSA) is 110 Å². The molecule has 0 spiro atoms. The van der Waals surface area contributed by atoms with Gasteiger partial charge in [-0.3, -0.25) is 14.8 Å². The summed E-state index contributed by atoms with van der Waals surface area (Å²) < 4.78 is 26.9. The minimum absolute atomic E-state index is 0.293. The Hall–Kier alpha value is -2.61. The first-order valence-electron chi connectivity index (χ1n) is 6.42. The second-order valence-electron chi connectivity index (χ2n) is 4.57. The van der Waals surface area contributed by atoms with Crippen LogP contribution in [0.4, 0.5) is 11.4 Å². The molecule has 0 aliphatic heterocycles. The van der Waals surface area contributed by atoms with Crippen molar-refractivity contribution in [2.75, 3.05) is 4.72 Å². The first-order valence-corrected chi connectivity index (χ1v) is 7.91. The number of hydrogen-bond donors (Lipinski definition) is 2. The molecule has 0 heterocycles. The molecule has 0 aliphatic rings. The standard InChI is InChI=1S/C14H14N2O5S/c1-2-10-4-3-5-11(8-10)15-22(20,21)12-6-7-14(17)13(9-12)16(18)19/h3-9,15,17H,2H2,1H3. The largest absolute Gasteiger partial charge is 0.502 e. The zero-order chi connectivity index (χ0) is 16.3. The molecule has 2 aromatic carbocycles. The molecule has 0 amide bonds. The van der Waals surface area contributed by atoms with E-state index in [-0.39, 0.29) is 4.90 Å². The molecule has 0 fully saturated rings. The van der Waals surface area contributed by atoms with E-state index in [0.717, 1.165) is 30.2 Å². The number of hydrogen-bond acceptors (Lipinski definition) is 5. The van der Waals surface area contributed by atoms with Crippen molar-refractivity contribution in [2.24, 2.45) is 0 Å². The Labute approximate surface area is 127 Å². The first kappa shape index (κ1) is 15.8. The van der Waals surface area contributed by atoms with Gasteiger partial charge in [-0.25, -0.2) is 8.42 Å². The lowest BCUT2D eigenvalue weighted by Gasteiger charge is -2.09. The number of nitrogens with zero attached hydrogens (tertiary/aromatic N) is 1. The van der Waals surface area contributed by atoms with E-state index in [1.54, 1.807) is 18.2 Å². The molecular formula is C14H14N2O5S. The first-order chi connectivity index (χ1) is 10.3. The number of benzene rings is 2. The van der Waals surface area contributed by atoms with Gasteiger partial charge >= 0.3 is 5.69 Å². The van der Waals surface area contributed by atoms with Gasteiger partial charge < -0.3 is 5.11 Å². The lowest BCUT2D eigenvalue weighted by atomic mass is 10.1. The van der Waals surface area contributed by atoms with Crippen LogP contribution in [-0.2, 0) is 16.4 Å². The van der Waals surface area contributed by atoms with E-state index in [1.165, 1.54) is 0 Å². The number of rotatable bonds is 5. The monoisotopic (exact) mass is 322 g/mol. The number of aryl methyl sites for hydroxylation is 1. The Bertz CT molecular complexity index is 818. The number of nitro groups is 1. The average Bonchev–Trinajstić information content (AvgIpc) is 2.46. The molecule has 2 N–H and O–H groups in total. The smallest absolute Gasteiger partial charge is 0.312 e. The maximum absolute atomic E-state index is 12.3. The zero-order valence-electron chi connectivity index (χ0n) is 11.7. The molecule has 0 bridgehead atoms. The predicted octanol–water partition coefficient (Wildman–Crippen LogP) is 2.66. The van der Waals surface area contributed by atoms with Crippen LogP contribution in [0.1, 0.15) is 12.5 Å². The molecule has 0 unspecified atom stereocenters. The van der Waals surface area contributed by atoms with E-state index in [2.05, 4.69) is 4.72 Å². The summed E-state index contributed by atoms with van der Waals surface area (Å²) in [6, 6.07) is 9.77. The number of anilines is 1. The van der Waals surface area contributed by atoms with Gasteiger partial charge in [0.05, 0.1) is 9.82 Å². The molecule has 0 saturated heterocycles. The molecule has 116 valence electrons. The van der Waals surface area contributed by atoms with Crippen molar-refractivity contribution in [3.05, 3.63) is 58.1 Å². The molecule has 7 nitrogen and oxygen atoms in total. The lowest BCUT2D eigenvalue weighted by molar-refractivity contribution is -0.386. The highest BCUT2D eigenvalue weighted by molar-refractivity contribution is 7.92. The number of nitro benzene ring substituents is 1. The van der Waals surface area contributed by atoms with Gasteiger partial charge in [-0.05, 0) is 36.2 Å². The molecule has 0 saturated carbocycles. The molecule has 22 heavy (non-hydrogen) atoms. The van der Waals surface area contributed by atoms with E-state index in [4.69, 9.17) is 0 Å². The van der Waals surface area contributed by atoms with Gasteiger partial charge in [0.1, 0.15) is 0 Å². The van der Waals surface area contributed by atoms with Crippen molar-refractivity contribution >= 4 is 21.4 Å².